The zero-order valence-corrected chi connectivity index (χ0v) is 35.8. The Balaban J connectivity index is 0.753. The highest BCUT2D eigenvalue weighted by atomic mass is 32.2. The lowest BCUT2D eigenvalue weighted by atomic mass is 9.82. The van der Waals surface area contributed by atoms with Gasteiger partial charge in [-0.2, -0.15) is 0 Å². The smallest absolute Gasteiger partial charge is 0.255 e. The molecule has 4 aliphatic heterocycles. The number of halogens is 1. The molecule has 4 amide bonds. The monoisotopic (exact) mass is 866 g/mol. The van der Waals surface area contributed by atoms with Crippen LogP contribution in [0.3, 0.4) is 0 Å². The Morgan fingerprint density at radius 3 is 2.57 bits per heavy atom. The summed E-state index contributed by atoms with van der Waals surface area (Å²) in [5.41, 5.74) is 9.23. The predicted molar refractivity (Wildman–Crippen MR) is 241 cm³/mol. The number of aryl methyl sites for hydroxylation is 2. The Bertz CT molecular complexity index is 2540. The first-order valence-corrected chi connectivity index (χ1v) is 22.9. The minimum Gasteiger partial charge on any atom is -0.394 e. The van der Waals surface area contributed by atoms with Crippen molar-refractivity contribution in [3.8, 4) is 11.1 Å². The number of aromatic nitrogens is 1. The standard InChI is InChI=1S/C50H51FN6O5S/c51-41-25-31(5-4-24-63-45-10-3-9-37-40(45)29-57(50(37)62)44-16-17-47(60)55-49(44)61)12-13-33(41)6-2-11-46(59)53-36-8-1-7-34(26-36)35-14-15-42-39(27-35)48-38(43(30-58)54-42)20-23-56(48)28-32-18-21-52-22-19-32/h1,3,7-10,12-15,18-19,21-22,25-27,38,43-44,48,54,58H,2,4-6,11,16-17,20,23-24,28-30H2,(H,53,59)(H,55,60,61)/t38-,43-,44?,48-/m1/s1. The Hall–Kier alpha value is -5.89. The van der Waals surface area contributed by atoms with E-state index in [1.165, 1.54) is 11.1 Å². The molecule has 4 atom stereocenters. The molecule has 0 aliphatic carbocycles. The molecule has 63 heavy (non-hydrogen) atoms. The lowest BCUT2D eigenvalue weighted by Crippen LogP contribution is -2.52. The summed E-state index contributed by atoms with van der Waals surface area (Å²) in [7, 11) is 0. The van der Waals surface area contributed by atoms with Gasteiger partial charge in [0.05, 0.1) is 12.6 Å². The van der Waals surface area contributed by atoms with Crippen molar-refractivity contribution >= 4 is 46.8 Å². The summed E-state index contributed by atoms with van der Waals surface area (Å²) in [6.45, 7) is 2.17. The summed E-state index contributed by atoms with van der Waals surface area (Å²) in [6, 6.07) is 29.0. The maximum Gasteiger partial charge on any atom is 0.255 e. The summed E-state index contributed by atoms with van der Waals surface area (Å²) in [5.74, 6) is -0.245. The molecule has 5 heterocycles. The third-order valence-corrected chi connectivity index (χ3v) is 14.1. The summed E-state index contributed by atoms with van der Waals surface area (Å²) in [6.07, 6.45) is 7.92. The SMILES string of the molecule is O=C1CCC(N2Cc3c(SCCCc4ccc(CCCC(=O)Nc5cccc(-c6ccc7c(c6)[C@H]6[C@H](CCN6Cc6ccncc6)[C@@H](CO)N7)c5)c(F)c4)cccc3C2=O)C(=O)N1. The number of thioether (sulfide) groups is 1. The van der Waals surface area contributed by atoms with E-state index in [-0.39, 0.29) is 61.0 Å². The van der Waals surface area contributed by atoms with Crippen LogP contribution in [-0.4, -0.2) is 74.5 Å². The van der Waals surface area contributed by atoms with Gasteiger partial charge in [0.15, 0.2) is 0 Å². The van der Waals surface area contributed by atoms with Gasteiger partial charge in [-0.05, 0) is 144 Å². The molecular weight excluding hydrogens is 816 g/mol. The number of aliphatic hydroxyl groups excluding tert-OH is 1. The highest BCUT2D eigenvalue weighted by Crippen LogP contribution is 2.48. The molecule has 5 aromatic rings. The summed E-state index contributed by atoms with van der Waals surface area (Å²) in [4.78, 5) is 59.6. The number of nitrogens with one attached hydrogen (secondary N) is 3. The first-order valence-electron chi connectivity index (χ1n) is 21.9. The van der Waals surface area contributed by atoms with E-state index in [4.69, 9.17) is 0 Å². The molecule has 11 nitrogen and oxygen atoms in total. The topological polar surface area (TPSA) is 144 Å². The molecule has 4 aliphatic rings. The van der Waals surface area contributed by atoms with Gasteiger partial charge in [0.25, 0.3) is 5.91 Å². The fraction of sp³-hybridized carbons (Fsp3) is 0.340. The molecule has 1 unspecified atom stereocenters. The van der Waals surface area contributed by atoms with Gasteiger partial charge in [-0.1, -0.05) is 36.4 Å². The van der Waals surface area contributed by atoms with Crippen molar-refractivity contribution in [1.29, 1.82) is 0 Å². The lowest BCUT2D eigenvalue weighted by Gasteiger charge is -2.39. The van der Waals surface area contributed by atoms with Crippen LogP contribution >= 0.6 is 11.8 Å². The van der Waals surface area contributed by atoms with E-state index in [2.05, 4.69) is 56.2 Å². The molecule has 4 N–H and O–H groups in total. The zero-order chi connectivity index (χ0) is 43.5. The molecular formula is C50H51FN6O5S. The number of carbonyl (C=O) groups is 4. The fourth-order valence-corrected chi connectivity index (χ4v) is 10.8. The molecule has 0 spiro atoms. The van der Waals surface area contributed by atoms with Crippen molar-refractivity contribution in [3.05, 3.63) is 143 Å². The van der Waals surface area contributed by atoms with Crippen LogP contribution in [0.15, 0.2) is 108 Å². The Morgan fingerprint density at radius 1 is 0.905 bits per heavy atom. The van der Waals surface area contributed by atoms with Gasteiger partial charge in [0, 0.05) is 72.1 Å². The number of likely N-dealkylation sites (tertiary alicyclic amines) is 1. The van der Waals surface area contributed by atoms with Gasteiger partial charge in [-0.15, -0.1) is 11.8 Å². The number of hydrogen-bond donors (Lipinski definition) is 4. The van der Waals surface area contributed by atoms with E-state index in [1.807, 2.05) is 60.9 Å². The highest BCUT2D eigenvalue weighted by molar-refractivity contribution is 7.99. The van der Waals surface area contributed by atoms with E-state index in [0.717, 1.165) is 64.5 Å². The summed E-state index contributed by atoms with van der Waals surface area (Å²) < 4.78 is 15.3. The van der Waals surface area contributed by atoms with Crippen LogP contribution in [0.5, 0.6) is 0 Å². The van der Waals surface area contributed by atoms with Crippen LogP contribution in [0.2, 0.25) is 0 Å². The normalized spacial score (nSPS) is 20.5. The quantitative estimate of drug-likeness (QED) is 0.0474. The second-order valence-electron chi connectivity index (χ2n) is 17.0. The van der Waals surface area contributed by atoms with Gasteiger partial charge >= 0.3 is 0 Å². The molecule has 0 saturated carbocycles. The second-order valence-corrected chi connectivity index (χ2v) is 18.1. The van der Waals surface area contributed by atoms with Crippen LogP contribution in [0, 0.1) is 11.7 Å². The number of amides is 4. The van der Waals surface area contributed by atoms with E-state index in [1.54, 1.807) is 28.8 Å². The Kier molecular flexibility index (Phi) is 12.7. The Morgan fingerprint density at radius 2 is 1.75 bits per heavy atom. The molecule has 4 aromatic carbocycles. The largest absolute Gasteiger partial charge is 0.394 e. The third kappa shape index (κ3) is 9.27. The van der Waals surface area contributed by atoms with Crippen molar-refractivity contribution < 1.29 is 28.7 Å². The van der Waals surface area contributed by atoms with Crippen LogP contribution in [0.4, 0.5) is 15.8 Å². The van der Waals surface area contributed by atoms with Crippen molar-refractivity contribution in [2.45, 2.75) is 87.5 Å². The van der Waals surface area contributed by atoms with E-state index in [9.17, 15) is 24.3 Å². The number of rotatable bonds is 15. The zero-order valence-electron chi connectivity index (χ0n) is 35.0. The van der Waals surface area contributed by atoms with Gasteiger partial charge in [-0.25, -0.2) is 4.39 Å². The maximum atomic E-state index is 15.3. The summed E-state index contributed by atoms with van der Waals surface area (Å²) in [5, 5.41) is 19.3. The lowest BCUT2D eigenvalue weighted by molar-refractivity contribution is -0.137. The number of hydrogen-bond acceptors (Lipinski definition) is 9. The average Bonchev–Trinajstić information content (AvgIpc) is 3.87. The number of nitrogens with zero attached hydrogens (tertiary/aromatic N) is 3. The van der Waals surface area contributed by atoms with Crippen molar-refractivity contribution in [1.82, 2.24) is 20.1 Å². The number of anilines is 2. The first-order chi connectivity index (χ1) is 30.7. The number of benzene rings is 4. The number of fused-ring (bicyclic) bond motifs is 4. The number of carbonyl (C=O) groups excluding carboxylic acids is 4. The number of piperidine rings is 1. The molecule has 0 bridgehead atoms. The predicted octanol–water partition coefficient (Wildman–Crippen LogP) is 7.68. The van der Waals surface area contributed by atoms with Crippen molar-refractivity contribution in [3.63, 3.8) is 0 Å². The fourth-order valence-electron chi connectivity index (χ4n) is 9.78. The number of aliphatic hydroxyl groups is 1. The average molecular weight is 867 g/mol. The van der Waals surface area contributed by atoms with Gasteiger partial charge in [0.2, 0.25) is 17.7 Å². The summed E-state index contributed by atoms with van der Waals surface area (Å²) >= 11 is 1.65. The molecule has 2 fully saturated rings. The van der Waals surface area contributed by atoms with E-state index < -0.39 is 11.9 Å². The third-order valence-electron chi connectivity index (χ3n) is 13.0. The van der Waals surface area contributed by atoms with Crippen LogP contribution in [0.1, 0.15) is 82.7 Å². The number of pyridine rings is 1. The van der Waals surface area contributed by atoms with Crippen LogP contribution in [-0.2, 0) is 40.3 Å². The van der Waals surface area contributed by atoms with Crippen molar-refractivity contribution in [2.24, 2.45) is 5.92 Å². The minimum atomic E-state index is -0.649. The van der Waals surface area contributed by atoms with Gasteiger partial charge in [0.1, 0.15) is 11.9 Å². The molecule has 1 aromatic heterocycles. The van der Waals surface area contributed by atoms with Crippen LogP contribution in [0.25, 0.3) is 11.1 Å². The molecule has 2 saturated heterocycles. The first kappa shape index (κ1) is 42.4. The number of imide groups is 1. The molecule has 13 heteroatoms. The molecule has 324 valence electrons. The second kappa shape index (κ2) is 18.8. The van der Waals surface area contributed by atoms with E-state index >= 15 is 4.39 Å². The molecule has 0 radical (unpaired) electrons. The van der Waals surface area contributed by atoms with E-state index in [0.29, 0.717) is 49.0 Å². The minimum absolute atomic E-state index is 0.00530. The van der Waals surface area contributed by atoms with Crippen molar-refractivity contribution in [2.75, 3.05) is 29.5 Å². The van der Waals surface area contributed by atoms with Gasteiger partial charge < -0.3 is 20.6 Å². The Labute approximate surface area is 370 Å². The van der Waals surface area contributed by atoms with Crippen LogP contribution < -0.4 is 16.0 Å². The van der Waals surface area contributed by atoms with Gasteiger partial charge in [-0.3, -0.25) is 34.4 Å². The highest BCUT2D eigenvalue weighted by Gasteiger charge is 2.44. The molecule has 9 rings (SSSR count). The maximum absolute atomic E-state index is 15.3.